The number of carbonyl (C=O) groups is 2. The van der Waals surface area contributed by atoms with Crippen LogP contribution in [0.15, 0.2) is 18.2 Å². The van der Waals surface area contributed by atoms with Crippen LogP contribution >= 0.6 is 0 Å². The van der Waals surface area contributed by atoms with E-state index in [0.29, 0.717) is 0 Å². The minimum absolute atomic E-state index is 0.0404. The van der Waals surface area contributed by atoms with Crippen LogP contribution in [0.1, 0.15) is 30.1 Å². The maximum absolute atomic E-state index is 12.0. The van der Waals surface area contributed by atoms with Crippen molar-refractivity contribution in [3.8, 4) is 5.75 Å². The van der Waals surface area contributed by atoms with Crippen LogP contribution in [0.5, 0.6) is 5.75 Å². The summed E-state index contributed by atoms with van der Waals surface area (Å²) in [5.41, 5.74) is -0.351. The second-order valence-corrected chi connectivity index (χ2v) is 6.00. The number of ether oxygens (including phenoxy) is 2. The van der Waals surface area contributed by atoms with E-state index in [2.05, 4.69) is 21.9 Å². The van der Waals surface area contributed by atoms with Crippen LogP contribution in [-0.4, -0.2) is 61.1 Å². The Bertz CT molecular complexity index is 670. The number of carbonyl (C=O) groups excluding carboxylic acids is 2. The van der Waals surface area contributed by atoms with Gasteiger partial charge in [-0.1, -0.05) is 6.92 Å². The Labute approximate surface area is 151 Å². The molecule has 0 atom stereocenters. The maximum Gasteiger partial charge on any atom is 0.338 e. The number of nitro benzene ring substituents is 1. The van der Waals surface area contributed by atoms with Gasteiger partial charge in [-0.2, -0.15) is 0 Å². The lowest BCUT2D eigenvalue weighted by molar-refractivity contribution is -0.385. The first-order valence-electron chi connectivity index (χ1n) is 8.45. The van der Waals surface area contributed by atoms with Crippen LogP contribution in [0, 0.1) is 10.1 Å². The van der Waals surface area contributed by atoms with Crippen molar-refractivity contribution < 1.29 is 24.0 Å². The number of methoxy groups -OCH3 is 1. The van der Waals surface area contributed by atoms with Gasteiger partial charge in [-0.25, -0.2) is 4.79 Å². The molecule has 9 heteroatoms. The zero-order valence-electron chi connectivity index (χ0n) is 14.9. The number of nitro groups is 1. The van der Waals surface area contributed by atoms with E-state index >= 15 is 0 Å². The topological polar surface area (TPSA) is 111 Å². The third-order valence-corrected chi connectivity index (χ3v) is 4.34. The zero-order chi connectivity index (χ0) is 19.1. The Morgan fingerprint density at radius 1 is 1.35 bits per heavy atom. The minimum Gasteiger partial charge on any atom is -0.477 e. The van der Waals surface area contributed by atoms with Gasteiger partial charge in [-0.05, 0) is 31.5 Å². The Morgan fingerprint density at radius 2 is 2.04 bits per heavy atom. The molecule has 1 saturated heterocycles. The number of rotatable bonds is 7. The van der Waals surface area contributed by atoms with E-state index in [1.165, 1.54) is 19.2 Å². The molecule has 2 rings (SSSR count). The minimum atomic E-state index is -0.684. The lowest BCUT2D eigenvalue weighted by Crippen LogP contribution is -2.45. The van der Waals surface area contributed by atoms with Crippen LogP contribution < -0.4 is 10.1 Å². The summed E-state index contributed by atoms with van der Waals surface area (Å²) in [6.45, 7) is 4.64. The van der Waals surface area contributed by atoms with E-state index in [-0.39, 0.29) is 29.9 Å². The van der Waals surface area contributed by atoms with Crippen molar-refractivity contribution in [1.29, 1.82) is 0 Å². The molecule has 9 nitrogen and oxygen atoms in total. The van der Waals surface area contributed by atoms with E-state index in [1.807, 2.05) is 0 Å². The maximum atomic E-state index is 12.0. The summed E-state index contributed by atoms with van der Waals surface area (Å²) in [6.07, 6.45) is 1.74. The summed E-state index contributed by atoms with van der Waals surface area (Å²) < 4.78 is 9.84. The van der Waals surface area contributed by atoms with Crippen molar-refractivity contribution in [2.24, 2.45) is 0 Å². The highest BCUT2D eigenvalue weighted by molar-refractivity contribution is 5.90. The summed E-state index contributed by atoms with van der Waals surface area (Å²) in [6, 6.07) is 3.80. The molecule has 1 amide bonds. The Balaban J connectivity index is 1.93. The van der Waals surface area contributed by atoms with Crippen molar-refractivity contribution in [2.75, 3.05) is 33.4 Å². The molecule has 1 aromatic rings. The SMILES string of the molecule is CCN1CCC(NC(=O)COc2ccc(C(=O)OC)cc2[N+](=O)[O-])CC1. The highest BCUT2D eigenvalue weighted by atomic mass is 16.6. The molecule has 0 unspecified atom stereocenters. The summed E-state index contributed by atoms with van der Waals surface area (Å²) in [7, 11) is 1.19. The van der Waals surface area contributed by atoms with Crippen LogP contribution in [0.2, 0.25) is 0 Å². The van der Waals surface area contributed by atoms with Gasteiger partial charge < -0.3 is 19.7 Å². The molecular formula is C17H23N3O6. The molecule has 1 aliphatic rings. The second kappa shape index (κ2) is 9.14. The highest BCUT2D eigenvalue weighted by Crippen LogP contribution is 2.28. The number of nitrogens with one attached hydrogen (secondary N) is 1. The molecule has 1 heterocycles. The Morgan fingerprint density at radius 3 is 2.62 bits per heavy atom. The molecule has 0 aliphatic carbocycles. The first kappa shape index (κ1) is 19.6. The Kier molecular flexibility index (Phi) is 6.90. The number of likely N-dealkylation sites (tertiary alicyclic amines) is 1. The van der Waals surface area contributed by atoms with E-state index < -0.39 is 16.6 Å². The van der Waals surface area contributed by atoms with E-state index in [9.17, 15) is 19.7 Å². The summed E-state index contributed by atoms with van der Waals surface area (Å²) in [4.78, 5) is 36.3. The molecule has 142 valence electrons. The summed E-state index contributed by atoms with van der Waals surface area (Å²) >= 11 is 0. The fourth-order valence-corrected chi connectivity index (χ4v) is 2.83. The highest BCUT2D eigenvalue weighted by Gasteiger charge is 2.22. The quantitative estimate of drug-likeness (QED) is 0.441. The molecule has 0 saturated carbocycles. The van der Waals surface area contributed by atoms with Gasteiger partial charge in [0, 0.05) is 25.2 Å². The number of amides is 1. The number of nitrogens with zero attached hydrogens (tertiary/aromatic N) is 2. The number of hydrogen-bond acceptors (Lipinski definition) is 7. The van der Waals surface area contributed by atoms with Crippen molar-refractivity contribution in [2.45, 2.75) is 25.8 Å². The molecule has 1 aliphatic heterocycles. The van der Waals surface area contributed by atoms with Crippen LogP contribution in [0.4, 0.5) is 5.69 Å². The van der Waals surface area contributed by atoms with Crippen LogP contribution in [-0.2, 0) is 9.53 Å². The molecule has 0 radical (unpaired) electrons. The van der Waals surface area contributed by atoms with Crippen molar-refractivity contribution in [3.63, 3.8) is 0 Å². The molecule has 1 N–H and O–H groups in total. The van der Waals surface area contributed by atoms with Gasteiger partial charge in [-0.15, -0.1) is 0 Å². The van der Waals surface area contributed by atoms with E-state index in [0.717, 1.165) is 38.5 Å². The third kappa shape index (κ3) is 5.16. The standard InChI is InChI=1S/C17H23N3O6/c1-3-19-8-6-13(7-9-19)18-16(21)11-26-15-5-4-12(17(22)25-2)10-14(15)20(23)24/h4-5,10,13H,3,6-9,11H2,1-2H3,(H,18,21). The van der Waals surface area contributed by atoms with Crippen molar-refractivity contribution >= 4 is 17.6 Å². The van der Waals surface area contributed by atoms with Gasteiger partial charge >= 0.3 is 11.7 Å². The molecule has 0 spiro atoms. The first-order chi connectivity index (χ1) is 12.4. The van der Waals surface area contributed by atoms with Crippen molar-refractivity contribution in [1.82, 2.24) is 10.2 Å². The number of piperidine rings is 1. The predicted octanol–water partition coefficient (Wildman–Crippen LogP) is 1.36. The van der Waals surface area contributed by atoms with Crippen LogP contribution in [0.3, 0.4) is 0 Å². The normalized spacial score (nSPS) is 15.3. The fourth-order valence-electron chi connectivity index (χ4n) is 2.83. The Hall–Kier alpha value is -2.68. The number of hydrogen-bond donors (Lipinski definition) is 1. The van der Waals surface area contributed by atoms with E-state index in [1.54, 1.807) is 0 Å². The lowest BCUT2D eigenvalue weighted by atomic mass is 10.1. The summed E-state index contributed by atoms with van der Waals surface area (Å²) in [5.74, 6) is -1.08. The number of esters is 1. The lowest BCUT2D eigenvalue weighted by Gasteiger charge is -2.31. The zero-order valence-corrected chi connectivity index (χ0v) is 14.9. The fraction of sp³-hybridized carbons (Fsp3) is 0.529. The molecule has 0 aromatic heterocycles. The molecule has 1 aromatic carbocycles. The van der Waals surface area contributed by atoms with Gasteiger partial charge in [0.2, 0.25) is 0 Å². The largest absolute Gasteiger partial charge is 0.477 e. The summed E-state index contributed by atoms with van der Waals surface area (Å²) in [5, 5.41) is 14.1. The molecular weight excluding hydrogens is 342 g/mol. The third-order valence-electron chi connectivity index (χ3n) is 4.34. The molecule has 26 heavy (non-hydrogen) atoms. The van der Waals surface area contributed by atoms with Gasteiger partial charge in [0.15, 0.2) is 12.4 Å². The average molecular weight is 365 g/mol. The first-order valence-corrected chi connectivity index (χ1v) is 8.45. The van der Waals surface area contributed by atoms with E-state index in [4.69, 9.17) is 4.74 Å². The van der Waals surface area contributed by atoms with Crippen molar-refractivity contribution in [3.05, 3.63) is 33.9 Å². The number of benzene rings is 1. The monoisotopic (exact) mass is 365 g/mol. The molecule has 1 fully saturated rings. The smallest absolute Gasteiger partial charge is 0.338 e. The second-order valence-electron chi connectivity index (χ2n) is 6.00. The average Bonchev–Trinajstić information content (AvgIpc) is 2.66. The predicted molar refractivity (Wildman–Crippen MR) is 93.2 cm³/mol. The molecule has 0 bridgehead atoms. The van der Waals surface area contributed by atoms with Gasteiger partial charge in [0.05, 0.1) is 17.6 Å². The van der Waals surface area contributed by atoms with Crippen LogP contribution in [0.25, 0.3) is 0 Å². The van der Waals surface area contributed by atoms with Gasteiger partial charge in [-0.3, -0.25) is 14.9 Å². The van der Waals surface area contributed by atoms with Gasteiger partial charge in [0.1, 0.15) is 0 Å². The van der Waals surface area contributed by atoms with Gasteiger partial charge in [0.25, 0.3) is 5.91 Å².